The molecule has 0 radical (unpaired) electrons. The van der Waals surface area contributed by atoms with Gasteiger partial charge in [0.2, 0.25) is 5.60 Å². The number of halogens is 3. The highest BCUT2D eigenvalue weighted by Gasteiger charge is 2.55. The maximum absolute atomic E-state index is 13.4. The number of methoxy groups -OCH3 is 1. The van der Waals surface area contributed by atoms with Gasteiger partial charge in [0.05, 0.1) is 22.9 Å². The van der Waals surface area contributed by atoms with Gasteiger partial charge in [0.1, 0.15) is 12.5 Å². The predicted molar refractivity (Wildman–Crippen MR) is 104 cm³/mol. The van der Waals surface area contributed by atoms with Crippen molar-refractivity contribution in [2.45, 2.75) is 82.2 Å². The number of ether oxygens (including phenoxy) is 2. The van der Waals surface area contributed by atoms with Crippen molar-refractivity contribution < 1.29 is 32.3 Å². The number of aromatic nitrogens is 3. The molecule has 0 amide bonds. The zero-order chi connectivity index (χ0) is 22.6. The normalized spacial score (nSPS) is 28.1. The van der Waals surface area contributed by atoms with Crippen molar-refractivity contribution in [3.05, 3.63) is 23.1 Å². The van der Waals surface area contributed by atoms with Gasteiger partial charge in [-0.2, -0.15) is 18.3 Å². The summed E-state index contributed by atoms with van der Waals surface area (Å²) < 4.78 is 58.3. The summed E-state index contributed by atoms with van der Waals surface area (Å²) in [5.74, 6) is -0.0402. The molecule has 10 heteroatoms. The van der Waals surface area contributed by atoms with Gasteiger partial charge in [0.25, 0.3) is 0 Å². The minimum Gasteiger partial charge on any atom is -0.375 e. The maximum atomic E-state index is 13.4. The fraction of sp³-hybridized carbons (Fsp3) is 0.714. The van der Waals surface area contributed by atoms with Crippen molar-refractivity contribution in [3.8, 4) is 11.3 Å². The first-order valence-electron chi connectivity index (χ1n) is 10.5. The van der Waals surface area contributed by atoms with Crippen LogP contribution in [0, 0.1) is 0 Å². The Kier molecular flexibility index (Phi) is 5.46. The molecule has 4 rings (SSSR count). The Bertz CT molecular complexity index is 942. The Morgan fingerprint density at radius 1 is 1.32 bits per heavy atom. The smallest absolute Gasteiger partial charge is 0.375 e. The predicted octanol–water partition coefficient (Wildman–Crippen LogP) is 4.46. The summed E-state index contributed by atoms with van der Waals surface area (Å²) in [4.78, 5) is 0. The summed E-state index contributed by atoms with van der Waals surface area (Å²) in [6.07, 6.45) is 0.879. The van der Waals surface area contributed by atoms with Crippen LogP contribution in [0.1, 0.15) is 75.4 Å². The summed E-state index contributed by atoms with van der Waals surface area (Å²) in [6.45, 7) is 4.84. The van der Waals surface area contributed by atoms with E-state index in [9.17, 15) is 18.3 Å². The fourth-order valence-electron chi connectivity index (χ4n) is 4.61. The first-order chi connectivity index (χ1) is 14.5. The maximum Gasteiger partial charge on any atom is 0.422 e. The van der Waals surface area contributed by atoms with Crippen LogP contribution in [-0.4, -0.2) is 45.7 Å². The van der Waals surface area contributed by atoms with Crippen molar-refractivity contribution >= 4 is 0 Å². The van der Waals surface area contributed by atoms with Crippen LogP contribution in [-0.2, 0) is 21.5 Å². The van der Waals surface area contributed by atoms with Gasteiger partial charge in [-0.05, 0) is 51.9 Å². The number of rotatable bonds is 5. The third kappa shape index (κ3) is 3.78. The van der Waals surface area contributed by atoms with Crippen LogP contribution in [0.5, 0.6) is 0 Å². The standard InChI is InChI=1S/C21H28F3N3O4/c1-12-9-15-14(17-16(12)18(26-31-17)20(3,28)21(22,23)24)10-27(25-15)13-5-7-19(2,8-6-13)30-11-29-4/h10,12-13,28H,5-9,11H2,1-4H3/t12-,13?,19?,20+/m1/s1. The third-order valence-corrected chi connectivity index (χ3v) is 6.70. The summed E-state index contributed by atoms with van der Waals surface area (Å²) >= 11 is 0. The van der Waals surface area contributed by atoms with Crippen molar-refractivity contribution in [1.29, 1.82) is 0 Å². The summed E-state index contributed by atoms with van der Waals surface area (Å²) in [5, 5.41) is 18.5. The first kappa shape index (κ1) is 22.3. The summed E-state index contributed by atoms with van der Waals surface area (Å²) in [5.41, 5.74) is -2.05. The molecule has 0 bridgehead atoms. The molecule has 1 saturated carbocycles. The Labute approximate surface area is 178 Å². The van der Waals surface area contributed by atoms with E-state index in [4.69, 9.17) is 19.1 Å². The molecular formula is C21H28F3N3O4. The van der Waals surface area contributed by atoms with E-state index < -0.39 is 17.5 Å². The van der Waals surface area contributed by atoms with E-state index in [2.05, 4.69) is 12.1 Å². The largest absolute Gasteiger partial charge is 0.422 e. The SMILES string of the molecule is COCOC1(C)CCC(n2cc3c(n2)C[C@@H](C)c2c([C@](C)(O)C(F)(F)F)noc2-3)CC1. The number of hydrogen-bond acceptors (Lipinski definition) is 6. The van der Waals surface area contributed by atoms with E-state index in [1.807, 2.05) is 10.9 Å². The average Bonchev–Trinajstić information content (AvgIpc) is 3.31. The summed E-state index contributed by atoms with van der Waals surface area (Å²) in [6, 6.07) is 0.171. The number of fused-ring (bicyclic) bond motifs is 3. The lowest BCUT2D eigenvalue weighted by molar-refractivity contribution is -0.261. The van der Waals surface area contributed by atoms with E-state index in [0.717, 1.165) is 31.4 Å². The van der Waals surface area contributed by atoms with E-state index in [1.54, 1.807) is 14.0 Å². The van der Waals surface area contributed by atoms with Crippen molar-refractivity contribution in [1.82, 2.24) is 14.9 Å². The molecule has 2 aliphatic rings. The highest BCUT2D eigenvalue weighted by molar-refractivity contribution is 5.68. The lowest BCUT2D eigenvalue weighted by Gasteiger charge is -2.37. The molecule has 0 unspecified atom stereocenters. The van der Waals surface area contributed by atoms with Crippen LogP contribution in [0.2, 0.25) is 0 Å². The Hall–Kier alpha value is -1.91. The Balaban J connectivity index is 1.60. The van der Waals surface area contributed by atoms with E-state index in [1.165, 1.54) is 0 Å². The second kappa shape index (κ2) is 7.60. The molecule has 2 atom stereocenters. The van der Waals surface area contributed by atoms with Crippen LogP contribution < -0.4 is 0 Å². The van der Waals surface area contributed by atoms with E-state index in [0.29, 0.717) is 24.5 Å². The van der Waals surface area contributed by atoms with E-state index in [-0.39, 0.29) is 30.1 Å². The van der Waals surface area contributed by atoms with Crippen molar-refractivity contribution in [2.24, 2.45) is 0 Å². The molecule has 2 heterocycles. The van der Waals surface area contributed by atoms with Crippen LogP contribution in [0.3, 0.4) is 0 Å². The number of nitrogens with zero attached hydrogens (tertiary/aromatic N) is 3. The Morgan fingerprint density at radius 2 is 2.00 bits per heavy atom. The quantitative estimate of drug-likeness (QED) is 0.687. The minimum atomic E-state index is -4.86. The van der Waals surface area contributed by atoms with Crippen molar-refractivity contribution in [2.75, 3.05) is 13.9 Å². The lowest BCUT2D eigenvalue weighted by Crippen LogP contribution is -2.40. The number of hydrogen-bond donors (Lipinski definition) is 1. The van der Waals surface area contributed by atoms with Crippen LogP contribution in [0.4, 0.5) is 13.2 Å². The van der Waals surface area contributed by atoms with E-state index >= 15 is 0 Å². The molecular weight excluding hydrogens is 415 g/mol. The highest BCUT2D eigenvalue weighted by Crippen LogP contribution is 2.48. The minimum absolute atomic E-state index is 0.171. The number of aliphatic hydroxyl groups is 1. The topological polar surface area (TPSA) is 82.5 Å². The van der Waals surface area contributed by atoms with Crippen LogP contribution >= 0.6 is 0 Å². The molecule has 1 fully saturated rings. The Morgan fingerprint density at radius 3 is 2.61 bits per heavy atom. The molecule has 2 aromatic heterocycles. The van der Waals surface area contributed by atoms with Crippen molar-refractivity contribution in [3.63, 3.8) is 0 Å². The fourth-order valence-corrected chi connectivity index (χ4v) is 4.61. The molecule has 0 aliphatic heterocycles. The lowest BCUT2D eigenvalue weighted by atomic mass is 9.82. The van der Waals surface area contributed by atoms with Gasteiger partial charge >= 0.3 is 6.18 Å². The van der Waals surface area contributed by atoms with Crippen LogP contribution in [0.15, 0.2) is 10.7 Å². The molecule has 2 aliphatic carbocycles. The molecule has 2 aromatic rings. The monoisotopic (exact) mass is 443 g/mol. The zero-order valence-corrected chi connectivity index (χ0v) is 18.1. The highest BCUT2D eigenvalue weighted by atomic mass is 19.4. The second-order valence-electron chi connectivity index (χ2n) is 9.15. The van der Waals surface area contributed by atoms with Gasteiger partial charge in [-0.15, -0.1) is 0 Å². The molecule has 0 spiro atoms. The van der Waals surface area contributed by atoms with Gasteiger partial charge < -0.3 is 19.1 Å². The molecule has 7 nitrogen and oxygen atoms in total. The van der Waals surface area contributed by atoms with Crippen LogP contribution in [0.25, 0.3) is 11.3 Å². The van der Waals surface area contributed by atoms with Gasteiger partial charge in [-0.25, -0.2) is 0 Å². The first-order valence-corrected chi connectivity index (χ1v) is 10.5. The van der Waals surface area contributed by atoms with Gasteiger partial charge in [-0.3, -0.25) is 4.68 Å². The zero-order valence-electron chi connectivity index (χ0n) is 18.1. The third-order valence-electron chi connectivity index (χ3n) is 6.70. The second-order valence-corrected chi connectivity index (χ2v) is 9.15. The molecule has 172 valence electrons. The molecule has 0 saturated heterocycles. The van der Waals surface area contributed by atoms with Gasteiger partial charge in [0, 0.05) is 18.9 Å². The van der Waals surface area contributed by atoms with Gasteiger partial charge in [-0.1, -0.05) is 12.1 Å². The average molecular weight is 443 g/mol. The molecule has 31 heavy (non-hydrogen) atoms. The molecule has 1 N–H and O–H groups in total. The van der Waals surface area contributed by atoms with Gasteiger partial charge in [0.15, 0.2) is 5.76 Å². The molecule has 0 aromatic carbocycles. The number of alkyl halides is 3. The summed E-state index contributed by atoms with van der Waals surface area (Å²) in [7, 11) is 1.60.